The molecule has 1 rings (SSSR count). The predicted molar refractivity (Wildman–Crippen MR) is 78.3 cm³/mol. The van der Waals surface area contributed by atoms with Gasteiger partial charge in [-0.2, -0.15) is 0 Å². The van der Waals surface area contributed by atoms with E-state index in [4.69, 9.17) is 23.8 Å². The van der Waals surface area contributed by atoms with E-state index in [-0.39, 0.29) is 0 Å². The van der Waals surface area contributed by atoms with E-state index in [0.717, 1.165) is 29.5 Å². The standard InChI is InChI=1S/C11H14BrClN2S/c1-2-3-6-14-11(16)15-10-5-4-8(13)7-9(10)12/h4-5,7H,2-3,6H2,1H3,(H2,14,15,16). The third-order valence-corrected chi connectivity index (χ3v) is 3.13. The molecule has 2 nitrogen and oxygen atoms in total. The van der Waals surface area contributed by atoms with Gasteiger partial charge in [0.1, 0.15) is 0 Å². The Labute approximate surface area is 115 Å². The molecule has 0 radical (unpaired) electrons. The second-order valence-corrected chi connectivity index (χ2v) is 5.06. The van der Waals surface area contributed by atoms with Gasteiger partial charge >= 0.3 is 0 Å². The van der Waals surface area contributed by atoms with E-state index < -0.39 is 0 Å². The van der Waals surface area contributed by atoms with Gasteiger partial charge in [0, 0.05) is 16.0 Å². The van der Waals surface area contributed by atoms with Crippen LogP contribution in [0.1, 0.15) is 19.8 Å². The Morgan fingerprint density at radius 2 is 2.25 bits per heavy atom. The van der Waals surface area contributed by atoms with E-state index in [9.17, 15) is 0 Å². The number of benzene rings is 1. The van der Waals surface area contributed by atoms with Gasteiger partial charge in [-0.05, 0) is 52.8 Å². The zero-order chi connectivity index (χ0) is 12.0. The van der Waals surface area contributed by atoms with Crippen molar-refractivity contribution in [3.63, 3.8) is 0 Å². The highest BCUT2D eigenvalue weighted by Crippen LogP contribution is 2.25. The maximum atomic E-state index is 5.85. The lowest BCUT2D eigenvalue weighted by molar-refractivity contribution is 0.758. The molecule has 0 bridgehead atoms. The average molecular weight is 322 g/mol. The second-order valence-electron chi connectivity index (χ2n) is 3.36. The van der Waals surface area contributed by atoms with Gasteiger partial charge in [-0.3, -0.25) is 0 Å². The molecule has 88 valence electrons. The van der Waals surface area contributed by atoms with Gasteiger partial charge in [0.15, 0.2) is 5.11 Å². The maximum Gasteiger partial charge on any atom is 0.170 e. The van der Waals surface area contributed by atoms with E-state index in [1.54, 1.807) is 0 Å². The van der Waals surface area contributed by atoms with Crippen molar-refractivity contribution in [2.75, 3.05) is 11.9 Å². The first-order valence-electron chi connectivity index (χ1n) is 5.13. The van der Waals surface area contributed by atoms with Crippen molar-refractivity contribution in [1.29, 1.82) is 0 Å². The van der Waals surface area contributed by atoms with Crippen molar-refractivity contribution in [1.82, 2.24) is 5.32 Å². The second kappa shape index (κ2) is 7.09. The van der Waals surface area contributed by atoms with Crippen LogP contribution in [-0.4, -0.2) is 11.7 Å². The summed E-state index contributed by atoms with van der Waals surface area (Å²) in [7, 11) is 0. The van der Waals surface area contributed by atoms with Gasteiger partial charge in [0.05, 0.1) is 5.69 Å². The molecule has 0 saturated heterocycles. The highest BCUT2D eigenvalue weighted by atomic mass is 79.9. The summed E-state index contributed by atoms with van der Waals surface area (Å²) < 4.78 is 0.902. The summed E-state index contributed by atoms with van der Waals surface area (Å²) in [5.41, 5.74) is 0.915. The van der Waals surface area contributed by atoms with E-state index in [0.29, 0.717) is 10.1 Å². The molecule has 0 amide bonds. The average Bonchev–Trinajstić information content (AvgIpc) is 2.23. The highest BCUT2D eigenvalue weighted by Gasteiger charge is 2.02. The molecule has 5 heteroatoms. The highest BCUT2D eigenvalue weighted by molar-refractivity contribution is 9.10. The molecule has 0 heterocycles. The van der Waals surface area contributed by atoms with Crippen LogP contribution in [0, 0.1) is 0 Å². The first-order chi connectivity index (χ1) is 7.63. The van der Waals surface area contributed by atoms with Crippen molar-refractivity contribution < 1.29 is 0 Å². The minimum Gasteiger partial charge on any atom is -0.362 e. The van der Waals surface area contributed by atoms with Crippen molar-refractivity contribution in [2.24, 2.45) is 0 Å². The van der Waals surface area contributed by atoms with Gasteiger partial charge in [-0.15, -0.1) is 0 Å². The van der Waals surface area contributed by atoms with Crippen LogP contribution in [0.2, 0.25) is 5.02 Å². The van der Waals surface area contributed by atoms with Crippen LogP contribution in [-0.2, 0) is 0 Å². The van der Waals surface area contributed by atoms with E-state index in [1.807, 2.05) is 18.2 Å². The summed E-state index contributed by atoms with van der Waals surface area (Å²) in [4.78, 5) is 0. The van der Waals surface area contributed by atoms with Gasteiger partial charge in [-0.1, -0.05) is 24.9 Å². The number of unbranched alkanes of at least 4 members (excludes halogenated alkanes) is 1. The molecule has 16 heavy (non-hydrogen) atoms. The molecule has 0 atom stereocenters. The number of anilines is 1. The van der Waals surface area contributed by atoms with E-state index in [1.165, 1.54) is 0 Å². The molecular formula is C11H14BrClN2S. The number of hydrogen-bond donors (Lipinski definition) is 2. The van der Waals surface area contributed by atoms with Crippen molar-refractivity contribution in [3.05, 3.63) is 27.7 Å². The number of thiocarbonyl (C=S) groups is 1. The molecule has 0 spiro atoms. The Morgan fingerprint density at radius 1 is 1.50 bits per heavy atom. The quantitative estimate of drug-likeness (QED) is 0.642. The maximum absolute atomic E-state index is 5.85. The van der Waals surface area contributed by atoms with E-state index >= 15 is 0 Å². The molecule has 0 aliphatic heterocycles. The Balaban J connectivity index is 2.49. The monoisotopic (exact) mass is 320 g/mol. The zero-order valence-electron chi connectivity index (χ0n) is 9.02. The predicted octanol–water partition coefficient (Wildman–Crippen LogP) is 4.19. The van der Waals surface area contributed by atoms with Crippen LogP contribution < -0.4 is 10.6 Å². The minimum absolute atomic E-state index is 0.636. The molecule has 0 aromatic heterocycles. The molecule has 1 aromatic rings. The Kier molecular flexibility index (Phi) is 6.09. The SMILES string of the molecule is CCCCNC(=S)Nc1ccc(Cl)cc1Br. The number of hydrogen-bond acceptors (Lipinski definition) is 1. The van der Waals surface area contributed by atoms with Gasteiger partial charge in [0.2, 0.25) is 0 Å². The van der Waals surface area contributed by atoms with Crippen molar-refractivity contribution in [2.45, 2.75) is 19.8 Å². The topological polar surface area (TPSA) is 24.1 Å². The normalized spacial score (nSPS) is 9.94. The molecule has 0 saturated carbocycles. The Hall–Kier alpha value is -0.320. The fourth-order valence-electron chi connectivity index (χ4n) is 1.14. The fraction of sp³-hybridized carbons (Fsp3) is 0.364. The lowest BCUT2D eigenvalue weighted by atomic mass is 10.3. The molecule has 0 aliphatic rings. The molecule has 0 fully saturated rings. The molecule has 1 aromatic carbocycles. The van der Waals surface area contributed by atoms with Crippen LogP contribution >= 0.6 is 39.7 Å². The summed E-state index contributed by atoms with van der Waals surface area (Å²) >= 11 is 14.4. The van der Waals surface area contributed by atoms with Gasteiger partial charge in [0.25, 0.3) is 0 Å². The Morgan fingerprint density at radius 3 is 2.88 bits per heavy atom. The van der Waals surface area contributed by atoms with E-state index in [2.05, 4.69) is 33.5 Å². The third kappa shape index (κ3) is 4.68. The van der Waals surface area contributed by atoms with Crippen LogP contribution in [0.5, 0.6) is 0 Å². The fourth-order valence-corrected chi connectivity index (χ4v) is 2.13. The van der Waals surface area contributed by atoms with Crippen molar-refractivity contribution >= 4 is 50.5 Å². The largest absolute Gasteiger partial charge is 0.362 e. The van der Waals surface area contributed by atoms with Crippen LogP contribution in [0.4, 0.5) is 5.69 Å². The minimum atomic E-state index is 0.636. The zero-order valence-corrected chi connectivity index (χ0v) is 12.2. The van der Waals surface area contributed by atoms with Gasteiger partial charge < -0.3 is 10.6 Å². The van der Waals surface area contributed by atoms with Crippen LogP contribution in [0.25, 0.3) is 0 Å². The first-order valence-corrected chi connectivity index (χ1v) is 6.71. The molecule has 0 aliphatic carbocycles. The molecule has 2 N–H and O–H groups in total. The number of halogens is 2. The summed E-state index contributed by atoms with van der Waals surface area (Å²) in [6.45, 7) is 3.04. The van der Waals surface area contributed by atoms with Crippen molar-refractivity contribution in [3.8, 4) is 0 Å². The summed E-state index contributed by atoms with van der Waals surface area (Å²) in [6.07, 6.45) is 2.27. The molecular weight excluding hydrogens is 308 g/mol. The van der Waals surface area contributed by atoms with Crippen LogP contribution in [0.3, 0.4) is 0 Å². The number of rotatable bonds is 4. The van der Waals surface area contributed by atoms with Gasteiger partial charge in [-0.25, -0.2) is 0 Å². The van der Waals surface area contributed by atoms with Crippen LogP contribution in [0.15, 0.2) is 22.7 Å². The first kappa shape index (κ1) is 13.7. The smallest absolute Gasteiger partial charge is 0.170 e. The summed E-state index contributed by atoms with van der Waals surface area (Å²) in [5.74, 6) is 0. The summed E-state index contributed by atoms with van der Waals surface area (Å²) in [6, 6.07) is 5.54. The number of nitrogens with one attached hydrogen (secondary N) is 2. The lowest BCUT2D eigenvalue weighted by Gasteiger charge is -2.11. The third-order valence-electron chi connectivity index (χ3n) is 2.00. The summed E-state index contributed by atoms with van der Waals surface area (Å²) in [5, 5.41) is 7.58. The molecule has 0 unspecified atom stereocenters. The Bertz CT molecular complexity index is 371. The lowest BCUT2D eigenvalue weighted by Crippen LogP contribution is -2.29.